The van der Waals surface area contributed by atoms with Gasteiger partial charge in [-0.1, -0.05) is 11.6 Å². The van der Waals surface area contributed by atoms with Crippen LogP contribution in [-0.4, -0.2) is 55.9 Å². The van der Waals surface area contributed by atoms with Crippen LogP contribution >= 0.6 is 11.6 Å². The van der Waals surface area contributed by atoms with E-state index in [1.165, 1.54) is 27.9 Å². The molecule has 28 heavy (non-hydrogen) atoms. The molecule has 0 bridgehead atoms. The number of anilines is 1. The number of halogens is 1. The third-order valence-electron chi connectivity index (χ3n) is 4.38. The molecule has 0 unspecified atom stereocenters. The smallest absolute Gasteiger partial charge is 0.325 e. The van der Waals surface area contributed by atoms with Crippen molar-refractivity contribution in [2.24, 2.45) is 0 Å². The number of carbonyl (C=O) groups is 2. The minimum Gasteiger partial charge on any atom is -0.462 e. The number of carbonyl (C=O) groups excluding carboxylic acids is 2. The lowest BCUT2D eigenvalue weighted by atomic mass is 10.0. The molecule has 2 aromatic rings. The van der Waals surface area contributed by atoms with Crippen molar-refractivity contribution in [3.8, 4) is 0 Å². The number of morpholine rings is 1. The van der Waals surface area contributed by atoms with E-state index in [0.29, 0.717) is 6.54 Å². The highest BCUT2D eigenvalue weighted by Crippen LogP contribution is 2.37. The lowest BCUT2D eigenvalue weighted by Crippen LogP contribution is -2.40. The number of aryl methyl sites for hydroxylation is 1. The molecule has 0 radical (unpaired) electrons. The highest BCUT2D eigenvalue weighted by molar-refractivity contribution is 7.90. The van der Waals surface area contributed by atoms with Crippen molar-refractivity contribution >= 4 is 38.9 Å². The maximum Gasteiger partial charge on any atom is 0.325 e. The van der Waals surface area contributed by atoms with Crippen LogP contribution in [0.1, 0.15) is 22.8 Å². The van der Waals surface area contributed by atoms with Crippen LogP contribution in [0.5, 0.6) is 0 Å². The van der Waals surface area contributed by atoms with Crippen LogP contribution in [0.4, 0.5) is 5.69 Å². The lowest BCUT2D eigenvalue weighted by molar-refractivity contribution is -0.143. The van der Waals surface area contributed by atoms with Gasteiger partial charge >= 0.3 is 5.97 Å². The van der Waals surface area contributed by atoms with Gasteiger partial charge in [0.05, 0.1) is 22.2 Å². The molecular weight excluding hydrogens is 410 g/mol. The third-order valence-corrected chi connectivity index (χ3v) is 5.90. The fraction of sp³-hybridized carbons (Fsp3) is 0.353. The summed E-state index contributed by atoms with van der Waals surface area (Å²) in [4.78, 5) is 38.2. The minimum atomic E-state index is -3.70. The number of hydrogen-bond acceptors (Lipinski definition) is 7. The van der Waals surface area contributed by atoms with Crippen molar-refractivity contribution in [2.45, 2.75) is 18.4 Å². The predicted molar refractivity (Wildman–Crippen MR) is 102 cm³/mol. The van der Waals surface area contributed by atoms with Gasteiger partial charge in [0.1, 0.15) is 18.7 Å². The normalized spacial score (nSPS) is 14.8. The molecule has 2 heterocycles. The fourth-order valence-corrected chi connectivity index (χ4v) is 4.33. The number of ketones is 1. The van der Waals surface area contributed by atoms with E-state index in [0.717, 1.165) is 6.26 Å². The zero-order chi connectivity index (χ0) is 20.6. The Hall–Kier alpha value is -2.59. The van der Waals surface area contributed by atoms with Gasteiger partial charge in [-0.05, 0) is 19.1 Å². The first-order valence-corrected chi connectivity index (χ1v) is 10.7. The SMILES string of the molecule is CCn1[nH]cc(C(=O)c2ccc(S(C)(=O)=O)c(N3CCOC(=O)C3)c2Cl)c1=O. The first-order chi connectivity index (χ1) is 13.1. The van der Waals surface area contributed by atoms with Crippen molar-refractivity contribution in [3.63, 3.8) is 0 Å². The van der Waals surface area contributed by atoms with E-state index in [2.05, 4.69) is 5.10 Å². The molecule has 0 atom stereocenters. The molecule has 1 aromatic carbocycles. The zero-order valence-electron chi connectivity index (χ0n) is 15.2. The molecule has 0 aliphatic carbocycles. The molecular formula is C17H18ClN3O6S. The lowest BCUT2D eigenvalue weighted by Gasteiger charge is -2.30. The maximum absolute atomic E-state index is 12.9. The molecule has 1 fully saturated rings. The number of aromatic amines is 1. The summed E-state index contributed by atoms with van der Waals surface area (Å²) < 4.78 is 30.6. The van der Waals surface area contributed by atoms with Crippen LogP contribution in [0.3, 0.4) is 0 Å². The molecule has 0 saturated carbocycles. The Morgan fingerprint density at radius 1 is 1.29 bits per heavy atom. The van der Waals surface area contributed by atoms with E-state index in [1.54, 1.807) is 6.92 Å². The van der Waals surface area contributed by atoms with Crippen LogP contribution in [-0.2, 0) is 25.9 Å². The van der Waals surface area contributed by atoms with Crippen LogP contribution < -0.4 is 10.5 Å². The van der Waals surface area contributed by atoms with Crippen molar-refractivity contribution in [3.05, 3.63) is 44.8 Å². The quantitative estimate of drug-likeness (QED) is 0.555. The Morgan fingerprint density at radius 3 is 2.57 bits per heavy atom. The van der Waals surface area contributed by atoms with E-state index in [1.807, 2.05) is 0 Å². The second-order valence-electron chi connectivity index (χ2n) is 6.25. The van der Waals surface area contributed by atoms with Gasteiger partial charge in [0.15, 0.2) is 9.84 Å². The fourth-order valence-electron chi connectivity index (χ4n) is 3.01. The summed E-state index contributed by atoms with van der Waals surface area (Å²) in [7, 11) is -3.70. The summed E-state index contributed by atoms with van der Waals surface area (Å²) in [5.74, 6) is -1.17. The summed E-state index contributed by atoms with van der Waals surface area (Å²) in [5, 5.41) is 2.55. The van der Waals surface area contributed by atoms with Gasteiger partial charge in [0.25, 0.3) is 5.56 Å². The van der Waals surface area contributed by atoms with Crippen LogP contribution in [0.25, 0.3) is 0 Å². The van der Waals surface area contributed by atoms with E-state index in [4.69, 9.17) is 16.3 Å². The second kappa shape index (κ2) is 7.44. The predicted octanol–water partition coefficient (Wildman–Crippen LogP) is 0.847. The Bertz CT molecular complexity index is 1120. The maximum atomic E-state index is 12.9. The summed E-state index contributed by atoms with van der Waals surface area (Å²) >= 11 is 6.44. The zero-order valence-corrected chi connectivity index (χ0v) is 16.8. The number of esters is 1. The molecule has 1 aliphatic heterocycles. The van der Waals surface area contributed by atoms with Gasteiger partial charge in [0.2, 0.25) is 5.78 Å². The van der Waals surface area contributed by atoms with Gasteiger partial charge in [-0.3, -0.25) is 19.1 Å². The molecule has 1 aromatic heterocycles. The summed E-state index contributed by atoms with van der Waals surface area (Å²) in [6.07, 6.45) is 2.30. The number of ether oxygens (including phenoxy) is 1. The summed E-state index contributed by atoms with van der Waals surface area (Å²) in [5.41, 5.74) is -0.584. The standard InChI is InChI=1S/C17H18ClN3O6S/c1-3-21-17(24)11(8-19-21)16(23)10-4-5-12(28(2,25)26)15(14(10)18)20-6-7-27-13(22)9-20/h4-5,8,19H,3,6-7,9H2,1-2H3. The minimum absolute atomic E-state index is 0.0256. The molecule has 150 valence electrons. The Morgan fingerprint density at radius 2 is 2.00 bits per heavy atom. The number of nitrogens with zero attached hydrogens (tertiary/aromatic N) is 2. The topological polar surface area (TPSA) is 119 Å². The monoisotopic (exact) mass is 427 g/mol. The molecule has 0 amide bonds. The summed E-state index contributed by atoms with van der Waals surface area (Å²) in [6.45, 7) is 2.18. The van der Waals surface area contributed by atoms with Crippen molar-refractivity contribution in [1.82, 2.24) is 9.78 Å². The number of H-pyrrole nitrogens is 1. The van der Waals surface area contributed by atoms with Crippen molar-refractivity contribution in [1.29, 1.82) is 0 Å². The van der Waals surface area contributed by atoms with E-state index in [9.17, 15) is 22.8 Å². The Kier molecular flexibility index (Phi) is 5.35. The van der Waals surface area contributed by atoms with Crippen molar-refractivity contribution < 1.29 is 22.7 Å². The highest BCUT2D eigenvalue weighted by Gasteiger charge is 2.30. The van der Waals surface area contributed by atoms with E-state index < -0.39 is 27.1 Å². The Balaban J connectivity index is 2.17. The van der Waals surface area contributed by atoms with E-state index >= 15 is 0 Å². The second-order valence-corrected chi connectivity index (χ2v) is 8.62. The molecule has 3 rings (SSSR count). The van der Waals surface area contributed by atoms with Gasteiger partial charge in [-0.25, -0.2) is 8.42 Å². The number of benzene rings is 1. The number of aromatic nitrogens is 2. The largest absolute Gasteiger partial charge is 0.462 e. The summed E-state index contributed by atoms with van der Waals surface area (Å²) in [6, 6.07) is 2.53. The van der Waals surface area contributed by atoms with Gasteiger partial charge in [0, 0.05) is 24.6 Å². The third kappa shape index (κ3) is 3.57. The first-order valence-electron chi connectivity index (χ1n) is 8.41. The van der Waals surface area contributed by atoms with Gasteiger partial charge in [-0.2, -0.15) is 0 Å². The van der Waals surface area contributed by atoms with Gasteiger partial charge in [-0.15, -0.1) is 0 Å². The van der Waals surface area contributed by atoms with Crippen molar-refractivity contribution in [2.75, 3.05) is 30.9 Å². The molecule has 9 nitrogen and oxygen atoms in total. The molecule has 1 aliphatic rings. The number of sulfone groups is 1. The van der Waals surface area contributed by atoms with Crippen LogP contribution in [0, 0.1) is 0 Å². The molecule has 0 spiro atoms. The van der Waals surface area contributed by atoms with Gasteiger partial charge < -0.3 is 14.7 Å². The average Bonchev–Trinajstić information content (AvgIpc) is 3.00. The average molecular weight is 428 g/mol. The Labute approximate surface area is 165 Å². The molecule has 11 heteroatoms. The number of hydrogen-bond donors (Lipinski definition) is 1. The number of cyclic esters (lactones) is 1. The number of nitrogens with one attached hydrogen (secondary N) is 1. The molecule has 1 saturated heterocycles. The van der Waals surface area contributed by atoms with Crippen LogP contribution in [0.15, 0.2) is 28.0 Å². The first kappa shape index (κ1) is 20.2. The highest BCUT2D eigenvalue weighted by atomic mass is 35.5. The molecule has 1 N–H and O–H groups in total. The van der Waals surface area contributed by atoms with Crippen LogP contribution in [0.2, 0.25) is 5.02 Å². The van der Waals surface area contributed by atoms with E-state index in [-0.39, 0.29) is 46.4 Å². The number of rotatable bonds is 5.